The Morgan fingerprint density at radius 2 is 1.42 bits per heavy atom. The minimum atomic E-state index is -0.470. The summed E-state index contributed by atoms with van der Waals surface area (Å²) in [6.45, 7) is 1.19. The molecule has 0 amide bonds. The van der Waals surface area contributed by atoms with Gasteiger partial charge in [0.2, 0.25) is 0 Å². The SMILES string of the molecule is CB1C(=O)c2ccccc2C1=O. The molecule has 0 spiro atoms. The molecule has 0 unspecified atom stereocenters. The van der Waals surface area contributed by atoms with Gasteiger partial charge < -0.3 is 9.59 Å². The van der Waals surface area contributed by atoms with Crippen LogP contribution in [0.25, 0.3) is 0 Å². The van der Waals surface area contributed by atoms with E-state index in [1.807, 2.05) is 0 Å². The average molecular weight is 158 g/mol. The lowest BCUT2D eigenvalue weighted by molar-refractivity contribution is 0.105. The van der Waals surface area contributed by atoms with Crippen molar-refractivity contribution in [3.05, 3.63) is 35.4 Å². The molecule has 1 aliphatic heterocycles. The van der Waals surface area contributed by atoms with Crippen molar-refractivity contribution < 1.29 is 9.59 Å². The highest BCUT2D eigenvalue weighted by Crippen LogP contribution is 2.20. The van der Waals surface area contributed by atoms with E-state index >= 15 is 0 Å². The van der Waals surface area contributed by atoms with Crippen LogP contribution in [-0.4, -0.2) is 18.1 Å². The van der Waals surface area contributed by atoms with E-state index in [1.165, 1.54) is 0 Å². The number of carbonyl (C=O) groups excluding carboxylic acids is 2. The minimum Gasteiger partial charge on any atom is -0.305 e. The van der Waals surface area contributed by atoms with Gasteiger partial charge in [-0.25, -0.2) is 0 Å². The van der Waals surface area contributed by atoms with Crippen LogP contribution < -0.4 is 0 Å². The van der Waals surface area contributed by atoms with Gasteiger partial charge in [-0.15, -0.1) is 0 Å². The van der Waals surface area contributed by atoms with Gasteiger partial charge in [0, 0.05) is 11.1 Å². The quantitative estimate of drug-likeness (QED) is 0.532. The van der Waals surface area contributed by atoms with Crippen molar-refractivity contribution in [3.63, 3.8) is 0 Å². The molecule has 1 aromatic rings. The van der Waals surface area contributed by atoms with Gasteiger partial charge in [-0.3, -0.25) is 0 Å². The maximum Gasteiger partial charge on any atom is 0.311 e. The normalized spacial score (nSPS) is 15.2. The van der Waals surface area contributed by atoms with Gasteiger partial charge in [-0.05, 0) is 0 Å². The molecule has 0 radical (unpaired) electrons. The summed E-state index contributed by atoms with van der Waals surface area (Å²) in [6, 6.07) is 6.97. The van der Waals surface area contributed by atoms with Crippen molar-refractivity contribution in [2.75, 3.05) is 0 Å². The summed E-state index contributed by atoms with van der Waals surface area (Å²) in [6.07, 6.45) is 0. The number of rotatable bonds is 0. The molecule has 2 nitrogen and oxygen atoms in total. The van der Waals surface area contributed by atoms with Crippen LogP contribution in [0.3, 0.4) is 0 Å². The van der Waals surface area contributed by atoms with Gasteiger partial charge in [-0.2, -0.15) is 0 Å². The lowest BCUT2D eigenvalue weighted by Crippen LogP contribution is -2.23. The number of hydrogen-bond acceptors (Lipinski definition) is 2. The summed E-state index contributed by atoms with van der Waals surface area (Å²) >= 11 is 0. The number of carbonyl (C=O) groups is 2. The molecule has 3 heteroatoms. The first-order valence-electron chi connectivity index (χ1n) is 3.89. The summed E-state index contributed by atoms with van der Waals surface area (Å²) in [5, 5.41) is 0. The fourth-order valence-corrected chi connectivity index (χ4v) is 1.50. The minimum absolute atomic E-state index is 0.0457. The zero-order valence-electron chi connectivity index (χ0n) is 6.70. The topological polar surface area (TPSA) is 34.1 Å². The Hall–Kier alpha value is -1.38. The van der Waals surface area contributed by atoms with Crippen LogP contribution in [0.2, 0.25) is 6.82 Å². The summed E-state index contributed by atoms with van der Waals surface area (Å²) in [5.41, 5.74) is 1.07. The van der Waals surface area contributed by atoms with Crippen LogP contribution in [0.1, 0.15) is 20.7 Å². The van der Waals surface area contributed by atoms with Crippen LogP contribution in [-0.2, 0) is 0 Å². The third kappa shape index (κ3) is 0.764. The van der Waals surface area contributed by atoms with Gasteiger partial charge >= 0.3 is 6.71 Å². The second-order valence-corrected chi connectivity index (χ2v) is 3.00. The van der Waals surface area contributed by atoms with E-state index in [-0.39, 0.29) is 11.4 Å². The molecule has 0 saturated carbocycles. The molecule has 0 aromatic heterocycles. The highest BCUT2D eigenvalue weighted by molar-refractivity contribution is 7.16. The predicted octanol–water partition coefficient (Wildman–Crippen LogP) is 1.27. The standard InChI is InChI=1S/C9H7BO2/c1-10-8(11)6-4-2-3-5-7(6)9(10)12/h2-5H,1H3. The zero-order chi connectivity index (χ0) is 8.72. The van der Waals surface area contributed by atoms with Gasteiger partial charge in [0.25, 0.3) is 0 Å². The molecule has 0 bridgehead atoms. The van der Waals surface area contributed by atoms with E-state index in [4.69, 9.17) is 0 Å². The van der Waals surface area contributed by atoms with E-state index in [0.29, 0.717) is 11.1 Å². The van der Waals surface area contributed by atoms with Crippen LogP contribution in [0.15, 0.2) is 24.3 Å². The molecule has 0 fully saturated rings. The number of benzene rings is 1. The Bertz CT molecular complexity index is 336. The molecule has 0 atom stereocenters. The van der Waals surface area contributed by atoms with Crippen LogP contribution >= 0.6 is 0 Å². The summed E-state index contributed by atoms with van der Waals surface area (Å²) in [5.74, 6) is 0. The Kier molecular flexibility index (Phi) is 1.40. The first-order chi connectivity index (χ1) is 5.72. The van der Waals surface area contributed by atoms with Gasteiger partial charge in [-0.1, -0.05) is 31.1 Å². The molecular formula is C9H7BO2. The van der Waals surface area contributed by atoms with Crippen LogP contribution in [0.4, 0.5) is 0 Å². The highest BCUT2D eigenvalue weighted by Gasteiger charge is 2.37. The molecule has 58 valence electrons. The highest BCUT2D eigenvalue weighted by atomic mass is 16.1. The summed E-state index contributed by atoms with van der Waals surface area (Å²) in [7, 11) is 0. The van der Waals surface area contributed by atoms with Crippen molar-refractivity contribution in [3.8, 4) is 0 Å². The van der Waals surface area contributed by atoms with E-state index in [0.717, 1.165) is 0 Å². The first kappa shape index (κ1) is 7.28. The van der Waals surface area contributed by atoms with Crippen molar-refractivity contribution in [2.24, 2.45) is 0 Å². The molecule has 2 rings (SSSR count). The summed E-state index contributed by atoms with van der Waals surface area (Å²) in [4.78, 5) is 22.8. The van der Waals surface area contributed by atoms with Crippen molar-refractivity contribution >= 4 is 18.1 Å². The zero-order valence-corrected chi connectivity index (χ0v) is 6.70. The average Bonchev–Trinajstić information content (AvgIpc) is 2.33. The van der Waals surface area contributed by atoms with Crippen LogP contribution in [0.5, 0.6) is 0 Å². The van der Waals surface area contributed by atoms with E-state index in [9.17, 15) is 9.59 Å². The third-order valence-electron chi connectivity index (χ3n) is 2.24. The van der Waals surface area contributed by atoms with Gasteiger partial charge in [0.15, 0.2) is 0 Å². The maximum absolute atomic E-state index is 11.4. The van der Waals surface area contributed by atoms with Gasteiger partial charge in [0.05, 0.1) is 0 Å². The molecule has 1 aromatic carbocycles. The lowest BCUT2D eigenvalue weighted by Gasteiger charge is -1.92. The first-order valence-corrected chi connectivity index (χ1v) is 3.89. The Balaban J connectivity index is 2.67. The monoisotopic (exact) mass is 158 g/mol. The molecule has 12 heavy (non-hydrogen) atoms. The van der Waals surface area contributed by atoms with Crippen molar-refractivity contribution in [1.29, 1.82) is 0 Å². The van der Waals surface area contributed by atoms with E-state index in [1.54, 1.807) is 31.1 Å². The predicted molar refractivity (Wildman–Crippen MR) is 46.7 cm³/mol. The fraction of sp³-hybridized carbons (Fsp3) is 0.111. The van der Waals surface area contributed by atoms with E-state index < -0.39 is 6.71 Å². The van der Waals surface area contributed by atoms with Crippen LogP contribution in [0, 0.1) is 0 Å². The molecule has 0 N–H and O–H groups in total. The molecule has 0 saturated heterocycles. The Morgan fingerprint density at radius 1 is 1.00 bits per heavy atom. The number of fused-ring (bicyclic) bond motifs is 1. The second-order valence-electron chi connectivity index (χ2n) is 3.00. The fourth-order valence-electron chi connectivity index (χ4n) is 1.50. The number of hydrogen-bond donors (Lipinski definition) is 0. The molecule has 1 aliphatic rings. The molecule has 0 aliphatic carbocycles. The maximum atomic E-state index is 11.4. The van der Waals surface area contributed by atoms with Gasteiger partial charge in [0.1, 0.15) is 11.4 Å². The van der Waals surface area contributed by atoms with E-state index in [2.05, 4.69) is 0 Å². The molecule has 1 heterocycles. The Morgan fingerprint density at radius 3 is 1.83 bits per heavy atom. The lowest BCUT2D eigenvalue weighted by atomic mass is 9.48. The largest absolute Gasteiger partial charge is 0.311 e. The summed E-state index contributed by atoms with van der Waals surface area (Å²) < 4.78 is 0. The van der Waals surface area contributed by atoms with Crippen molar-refractivity contribution in [2.45, 2.75) is 6.82 Å². The molecular weight excluding hydrogens is 151 g/mol. The Labute approximate surface area is 70.7 Å². The van der Waals surface area contributed by atoms with Crippen molar-refractivity contribution in [1.82, 2.24) is 0 Å². The second kappa shape index (κ2) is 2.30. The smallest absolute Gasteiger partial charge is 0.305 e. The third-order valence-corrected chi connectivity index (χ3v) is 2.24.